The highest BCUT2D eigenvalue weighted by Gasteiger charge is 2.17. The number of rotatable bonds is 4. The van der Waals surface area contributed by atoms with Crippen LogP contribution in [0, 0.1) is 13.8 Å². The number of nitrogens with one attached hydrogen (secondary N) is 1. The number of anilines is 1. The summed E-state index contributed by atoms with van der Waals surface area (Å²) in [7, 11) is 0. The van der Waals surface area contributed by atoms with Crippen LogP contribution in [0.25, 0.3) is 5.65 Å². The third-order valence-electron chi connectivity index (χ3n) is 3.66. The van der Waals surface area contributed by atoms with Crippen molar-refractivity contribution < 1.29 is 0 Å². The summed E-state index contributed by atoms with van der Waals surface area (Å²) in [6, 6.07) is 0.00782. The minimum Gasteiger partial charge on any atom is -0.372 e. The van der Waals surface area contributed by atoms with E-state index in [4.69, 9.17) is 0 Å². The molecule has 110 valence electrons. The quantitative estimate of drug-likeness (QED) is 0.782. The van der Waals surface area contributed by atoms with Crippen LogP contribution in [0.2, 0.25) is 0 Å². The smallest absolute Gasteiger partial charge is 0.200 e. The van der Waals surface area contributed by atoms with E-state index in [0.717, 1.165) is 29.3 Å². The van der Waals surface area contributed by atoms with Crippen molar-refractivity contribution in [2.24, 2.45) is 0 Å². The van der Waals surface area contributed by atoms with Crippen molar-refractivity contribution in [1.29, 1.82) is 0 Å². The molecule has 0 aliphatic carbocycles. The number of hydrogen-bond donors (Lipinski definition) is 1. The molecule has 0 fully saturated rings. The van der Waals surface area contributed by atoms with Gasteiger partial charge in [0.1, 0.15) is 12.7 Å². The standard InChI is InChI=1S/C13H18N8/c1-5-20-6-14-17-12(20)10(4)16-11-8(2)9(3)19-21-7-15-18-13(11)21/h6-7,10,16H,5H2,1-4H3. The van der Waals surface area contributed by atoms with E-state index in [0.29, 0.717) is 5.65 Å². The van der Waals surface area contributed by atoms with Crippen molar-refractivity contribution >= 4 is 11.3 Å². The van der Waals surface area contributed by atoms with Crippen molar-refractivity contribution in [2.75, 3.05) is 5.32 Å². The second-order valence-electron chi connectivity index (χ2n) is 5.03. The zero-order chi connectivity index (χ0) is 15.0. The third kappa shape index (κ3) is 2.22. The van der Waals surface area contributed by atoms with Gasteiger partial charge in [-0.1, -0.05) is 0 Å². The molecule has 0 saturated carbocycles. The van der Waals surface area contributed by atoms with E-state index in [1.54, 1.807) is 17.2 Å². The van der Waals surface area contributed by atoms with E-state index in [2.05, 4.69) is 44.7 Å². The first-order valence-electron chi connectivity index (χ1n) is 6.93. The highest BCUT2D eigenvalue weighted by Crippen LogP contribution is 2.25. The number of aromatic nitrogens is 7. The van der Waals surface area contributed by atoms with E-state index in [-0.39, 0.29) is 6.04 Å². The summed E-state index contributed by atoms with van der Waals surface area (Å²) in [5.41, 5.74) is 3.64. The van der Waals surface area contributed by atoms with Gasteiger partial charge >= 0.3 is 0 Å². The molecule has 1 unspecified atom stereocenters. The molecule has 0 aliphatic rings. The van der Waals surface area contributed by atoms with Crippen molar-refractivity contribution in [3.63, 3.8) is 0 Å². The maximum Gasteiger partial charge on any atom is 0.200 e. The van der Waals surface area contributed by atoms with E-state index in [9.17, 15) is 0 Å². The van der Waals surface area contributed by atoms with Crippen LogP contribution < -0.4 is 5.32 Å². The van der Waals surface area contributed by atoms with Crippen molar-refractivity contribution in [1.82, 2.24) is 34.6 Å². The van der Waals surface area contributed by atoms with Crippen LogP contribution in [0.4, 0.5) is 5.69 Å². The Kier molecular flexibility index (Phi) is 3.28. The molecule has 8 heteroatoms. The van der Waals surface area contributed by atoms with Gasteiger partial charge in [0.2, 0.25) is 5.65 Å². The predicted molar refractivity (Wildman–Crippen MR) is 78.0 cm³/mol. The summed E-state index contributed by atoms with van der Waals surface area (Å²) >= 11 is 0. The van der Waals surface area contributed by atoms with Crippen molar-refractivity contribution in [3.05, 3.63) is 29.7 Å². The monoisotopic (exact) mass is 286 g/mol. The summed E-state index contributed by atoms with van der Waals surface area (Å²) in [6.07, 6.45) is 3.34. The molecule has 0 saturated heterocycles. The fourth-order valence-electron chi connectivity index (χ4n) is 2.35. The van der Waals surface area contributed by atoms with Crippen molar-refractivity contribution in [3.8, 4) is 0 Å². The molecule has 1 N–H and O–H groups in total. The lowest BCUT2D eigenvalue weighted by Crippen LogP contribution is -2.15. The minimum absolute atomic E-state index is 0.00782. The average molecular weight is 286 g/mol. The molecule has 21 heavy (non-hydrogen) atoms. The summed E-state index contributed by atoms with van der Waals surface area (Å²) < 4.78 is 3.70. The van der Waals surface area contributed by atoms with Crippen LogP contribution in [0.1, 0.15) is 37.0 Å². The lowest BCUT2D eigenvalue weighted by atomic mass is 10.2. The first-order chi connectivity index (χ1) is 10.1. The molecule has 0 bridgehead atoms. The topological polar surface area (TPSA) is 85.8 Å². The Balaban J connectivity index is 2.01. The van der Waals surface area contributed by atoms with Gasteiger partial charge in [0.05, 0.1) is 17.4 Å². The maximum absolute atomic E-state index is 4.42. The summed E-state index contributed by atoms with van der Waals surface area (Å²) in [5, 5.41) is 24.1. The summed E-state index contributed by atoms with van der Waals surface area (Å²) in [4.78, 5) is 0. The molecule has 0 aromatic carbocycles. The first-order valence-corrected chi connectivity index (χ1v) is 6.93. The Morgan fingerprint density at radius 2 is 1.95 bits per heavy atom. The fraction of sp³-hybridized carbons (Fsp3) is 0.462. The molecule has 1 atom stereocenters. The summed E-state index contributed by atoms with van der Waals surface area (Å²) in [5.74, 6) is 0.893. The van der Waals surface area contributed by atoms with Crippen molar-refractivity contribution in [2.45, 2.75) is 40.3 Å². The Hall–Kier alpha value is -2.51. The van der Waals surface area contributed by atoms with Gasteiger partial charge in [-0.15, -0.1) is 20.4 Å². The Labute approximate surface area is 122 Å². The van der Waals surface area contributed by atoms with Crippen LogP contribution in [0.15, 0.2) is 12.7 Å². The zero-order valence-electron chi connectivity index (χ0n) is 12.6. The van der Waals surface area contributed by atoms with Crippen LogP contribution in [0.5, 0.6) is 0 Å². The number of nitrogens with zero attached hydrogens (tertiary/aromatic N) is 7. The Bertz CT molecular complexity index is 772. The molecular weight excluding hydrogens is 268 g/mol. The van der Waals surface area contributed by atoms with E-state index >= 15 is 0 Å². The van der Waals surface area contributed by atoms with Gasteiger partial charge in [0.15, 0.2) is 5.82 Å². The van der Waals surface area contributed by atoms with Gasteiger partial charge in [0, 0.05) is 6.54 Å². The third-order valence-corrected chi connectivity index (χ3v) is 3.66. The van der Waals surface area contributed by atoms with Gasteiger partial charge in [-0.3, -0.25) is 0 Å². The van der Waals surface area contributed by atoms with Crippen LogP contribution in [-0.4, -0.2) is 34.6 Å². The van der Waals surface area contributed by atoms with Gasteiger partial charge < -0.3 is 9.88 Å². The van der Waals surface area contributed by atoms with Crippen LogP contribution >= 0.6 is 0 Å². The molecule has 0 spiro atoms. The number of aryl methyl sites for hydroxylation is 2. The van der Waals surface area contributed by atoms with Gasteiger partial charge in [-0.05, 0) is 33.3 Å². The lowest BCUT2D eigenvalue weighted by molar-refractivity contribution is 0.658. The normalized spacial score (nSPS) is 12.8. The largest absolute Gasteiger partial charge is 0.372 e. The van der Waals surface area contributed by atoms with E-state index in [1.165, 1.54) is 0 Å². The number of hydrogen-bond acceptors (Lipinski definition) is 6. The highest BCUT2D eigenvalue weighted by molar-refractivity contribution is 5.71. The fourth-order valence-corrected chi connectivity index (χ4v) is 2.35. The minimum atomic E-state index is 0.00782. The SMILES string of the molecule is CCn1cnnc1C(C)Nc1c(C)c(C)nn2cnnc12. The lowest BCUT2D eigenvalue weighted by Gasteiger charge is -2.18. The molecular formula is C13H18N8. The van der Waals surface area contributed by atoms with E-state index in [1.807, 2.05) is 18.4 Å². The second kappa shape index (κ2) is 5.12. The second-order valence-corrected chi connectivity index (χ2v) is 5.03. The highest BCUT2D eigenvalue weighted by atomic mass is 15.4. The summed E-state index contributed by atoms with van der Waals surface area (Å²) in [6.45, 7) is 8.95. The molecule has 0 radical (unpaired) electrons. The van der Waals surface area contributed by atoms with Gasteiger partial charge in [-0.2, -0.15) is 9.61 Å². The molecule has 3 heterocycles. The zero-order valence-corrected chi connectivity index (χ0v) is 12.6. The molecule has 3 aromatic heterocycles. The first kappa shape index (κ1) is 13.5. The van der Waals surface area contributed by atoms with Gasteiger partial charge in [0.25, 0.3) is 0 Å². The average Bonchev–Trinajstić information content (AvgIpc) is 3.11. The van der Waals surface area contributed by atoms with Gasteiger partial charge in [-0.25, -0.2) is 0 Å². The molecule has 0 aliphatic heterocycles. The number of fused-ring (bicyclic) bond motifs is 1. The maximum atomic E-state index is 4.42. The van der Waals surface area contributed by atoms with Crippen LogP contribution in [0.3, 0.4) is 0 Å². The Morgan fingerprint density at radius 1 is 1.19 bits per heavy atom. The Morgan fingerprint density at radius 3 is 2.71 bits per heavy atom. The van der Waals surface area contributed by atoms with E-state index < -0.39 is 0 Å². The van der Waals surface area contributed by atoms with Crippen LogP contribution in [-0.2, 0) is 6.54 Å². The molecule has 3 aromatic rings. The predicted octanol–water partition coefficient (Wildman–Crippen LogP) is 1.53. The molecule has 8 nitrogen and oxygen atoms in total. The molecule has 0 amide bonds. The molecule has 3 rings (SSSR count).